The minimum atomic E-state index is -3.48. The number of carbonyl (C=O) groups is 3. The van der Waals surface area contributed by atoms with Gasteiger partial charge >= 0.3 is 0 Å². The molecule has 5 aromatic rings. The number of para-hydroxylation sites is 1. The monoisotopic (exact) mass is 889 g/mol. The van der Waals surface area contributed by atoms with Gasteiger partial charge in [0.05, 0.1) is 40.5 Å². The highest BCUT2D eigenvalue weighted by molar-refractivity contribution is 7.92. The maximum Gasteiger partial charge on any atom is 0.234 e. The molecule has 18 heteroatoms. The lowest BCUT2D eigenvalue weighted by Crippen LogP contribution is -2.55. The molecular weight excluding hydrogens is 838 g/mol. The lowest BCUT2D eigenvalue weighted by Gasteiger charge is -2.43. The summed E-state index contributed by atoms with van der Waals surface area (Å²) in [5.74, 6) is -0.214. The van der Waals surface area contributed by atoms with Crippen molar-refractivity contribution in [2.24, 2.45) is 5.92 Å². The summed E-state index contributed by atoms with van der Waals surface area (Å²) in [7, 11) is -3.48. The number of benzene rings is 3. The summed E-state index contributed by atoms with van der Waals surface area (Å²) in [5.41, 5.74) is 5.72. The molecule has 4 N–H and O–H groups in total. The topological polar surface area (TPSA) is 179 Å². The van der Waals surface area contributed by atoms with Crippen LogP contribution in [0.4, 0.5) is 44.6 Å². The zero-order valence-corrected chi connectivity index (χ0v) is 36.5. The van der Waals surface area contributed by atoms with Crippen LogP contribution in [0.3, 0.4) is 0 Å². The SMILES string of the molecule is CS(=O)(=O)N1CCc2cccc(Nc3nc(Nc4ccc(N5CCC(N6CCN(C(=O)[C@H]7CCN(c8ccc(C9CCC(=O)NC9=O)cc8)C7)CC6)CC5)c(F)c4)nc4[nH]ccc34)c21. The Balaban J connectivity index is 0.711. The van der Waals surface area contributed by atoms with Crippen molar-refractivity contribution in [1.29, 1.82) is 0 Å². The fourth-order valence-corrected chi connectivity index (χ4v) is 11.2. The summed E-state index contributed by atoms with van der Waals surface area (Å²) >= 11 is 0. The Morgan fingerprint density at radius 2 is 1.61 bits per heavy atom. The van der Waals surface area contributed by atoms with Crippen LogP contribution in [0.5, 0.6) is 0 Å². The maximum atomic E-state index is 15.8. The molecule has 4 fully saturated rings. The number of nitrogens with zero attached hydrogens (tertiary/aromatic N) is 7. The number of carbonyl (C=O) groups excluding carboxylic acids is 3. The van der Waals surface area contributed by atoms with Crippen LogP contribution in [-0.4, -0.2) is 122 Å². The highest BCUT2D eigenvalue weighted by atomic mass is 32.2. The predicted molar refractivity (Wildman–Crippen MR) is 244 cm³/mol. The number of amides is 3. The van der Waals surface area contributed by atoms with E-state index in [0.717, 1.165) is 74.2 Å². The fourth-order valence-electron chi connectivity index (χ4n) is 10.2. The minimum Gasteiger partial charge on any atom is -0.371 e. The first-order valence-corrected chi connectivity index (χ1v) is 24.0. The van der Waals surface area contributed by atoms with Crippen LogP contribution in [0.25, 0.3) is 11.0 Å². The molecule has 7 heterocycles. The fraction of sp³-hybridized carbons (Fsp3) is 0.413. The second-order valence-corrected chi connectivity index (χ2v) is 19.5. The van der Waals surface area contributed by atoms with Gasteiger partial charge in [-0.15, -0.1) is 0 Å². The van der Waals surface area contributed by atoms with Crippen molar-refractivity contribution in [3.63, 3.8) is 0 Å². The second kappa shape index (κ2) is 17.0. The van der Waals surface area contributed by atoms with Gasteiger partial charge in [0.25, 0.3) is 0 Å². The second-order valence-electron chi connectivity index (χ2n) is 17.6. The molecule has 334 valence electrons. The number of rotatable bonds is 10. The molecule has 0 bridgehead atoms. The molecule has 0 spiro atoms. The first kappa shape index (κ1) is 41.7. The van der Waals surface area contributed by atoms with Crippen molar-refractivity contribution in [1.82, 2.24) is 30.1 Å². The third kappa shape index (κ3) is 8.31. The Morgan fingerprint density at radius 1 is 0.828 bits per heavy atom. The minimum absolute atomic E-state index is 0.0526. The van der Waals surface area contributed by atoms with Crippen molar-refractivity contribution in [2.75, 3.05) is 89.9 Å². The van der Waals surface area contributed by atoms with Crippen LogP contribution < -0.4 is 30.1 Å². The molecule has 10 rings (SSSR count). The van der Waals surface area contributed by atoms with Gasteiger partial charge in [-0.2, -0.15) is 9.97 Å². The normalized spacial score (nSPS) is 21.1. The molecule has 2 atom stereocenters. The number of aromatic nitrogens is 3. The first-order valence-electron chi connectivity index (χ1n) is 22.2. The van der Waals surface area contributed by atoms with E-state index in [-0.39, 0.29) is 41.3 Å². The van der Waals surface area contributed by atoms with Crippen LogP contribution in [0, 0.1) is 11.7 Å². The standard InChI is InChI=1S/C46H52FN11O5S/c1-64(62,63)58-22-15-30-3-2-4-38(41(30)58)50-43-36-13-18-48-42(36)52-46(53-43)49-32-7-11-39(37(47)27-32)55-20-16-34(17-21-55)54-23-25-56(26-24-54)45(61)31-14-19-57(28-31)33-8-5-29(6-9-33)35-10-12-40(59)51-44(35)60/h2-9,11,13,18,27,31,34-35H,10,12,14-17,19-26,28H2,1H3,(H,51,59,60)(H3,48,49,50,52,53)/t31-,35?/m0/s1. The first-order chi connectivity index (χ1) is 30.9. The van der Waals surface area contributed by atoms with E-state index in [9.17, 15) is 22.8 Å². The van der Waals surface area contributed by atoms with E-state index in [1.807, 2.05) is 59.5 Å². The van der Waals surface area contributed by atoms with E-state index in [1.54, 1.807) is 12.3 Å². The van der Waals surface area contributed by atoms with Crippen LogP contribution >= 0.6 is 0 Å². The number of piperidine rings is 2. The largest absolute Gasteiger partial charge is 0.371 e. The van der Waals surface area contributed by atoms with Gasteiger partial charge in [-0.3, -0.25) is 28.9 Å². The van der Waals surface area contributed by atoms with Crippen molar-refractivity contribution in [2.45, 2.75) is 50.5 Å². The lowest BCUT2D eigenvalue weighted by molar-refractivity contribution is -0.137. The number of hydrogen-bond donors (Lipinski definition) is 4. The Labute approximate surface area is 371 Å². The maximum absolute atomic E-state index is 15.8. The average Bonchev–Trinajstić information content (AvgIpc) is 4.08. The quantitative estimate of drug-likeness (QED) is 0.137. The van der Waals surface area contributed by atoms with Gasteiger partial charge in [0.15, 0.2) is 0 Å². The summed E-state index contributed by atoms with van der Waals surface area (Å²) in [5, 5.41) is 9.68. The molecule has 16 nitrogen and oxygen atoms in total. The molecule has 5 aliphatic rings. The number of halogens is 1. The predicted octanol–water partition coefficient (Wildman–Crippen LogP) is 5.07. The molecule has 2 aromatic heterocycles. The molecule has 0 aliphatic carbocycles. The van der Waals surface area contributed by atoms with Gasteiger partial charge in [-0.25, -0.2) is 12.8 Å². The average molecular weight is 890 g/mol. The molecule has 3 amide bonds. The van der Waals surface area contributed by atoms with E-state index in [0.29, 0.717) is 85.7 Å². The smallest absolute Gasteiger partial charge is 0.234 e. The van der Waals surface area contributed by atoms with Crippen molar-refractivity contribution in [3.05, 3.63) is 89.9 Å². The summed E-state index contributed by atoms with van der Waals surface area (Å²) in [4.78, 5) is 58.9. The molecule has 0 radical (unpaired) electrons. The van der Waals surface area contributed by atoms with Gasteiger partial charge in [-0.05, 0) is 85.7 Å². The van der Waals surface area contributed by atoms with Crippen LogP contribution in [0.2, 0.25) is 0 Å². The summed E-state index contributed by atoms with van der Waals surface area (Å²) in [6.45, 7) is 6.35. The van der Waals surface area contributed by atoms with Crippen LogP contribution in [0.15, 0.2) is 72.9 Å². The van der Waals surface area contributed by atoms with Crippen molar-refractivity contribution in [3.8, 4) is 0 Å². The summed E-state index contributed by atoms with van der Waals surface area (Å²) in [6.07, 6.45) is 7.07. The van der Waals surface area contributed by atoms with Crippen molar-refractivity contribution < 1.29 is 27.2 Å². The van der Waals surface area contributed by atoms with E-state index < -0.39 is 10.0 Å². The molecular formula is C46H52FN11O5S. The Hall–Kier alpha value is -6.27. The van der Waals surface area contributed by atoms with E-state index in [1.165, 1.54) is 16.6 Å². The zero-order chi connectivity index (χ0) is 44.1. The number of sulfonamides is 1. The number of aromatic amines is 1. The van der Waals surface area contributed by atoms with E-state index in [4.69, 9.17) is 4.98 Å². The van der Waals surface area contributed by atoms with Crippen LogP contribution in [0.1, 0.15) is 49.1 Å². The number of nitrogens with one attached hydrogen (secondary N) is 4. The Morgan fingerprint density at radius 3 is 2.36 bits per heavy atom. The number of piperazine rings is 1. The number of hydrogen-bond acceptors (Lipinski definition) is 12. The Kier molecular flexibility index (Phi) is 11.1. The van der Waals surface area contributed by atoms with Gasteiger partial charge in [0, 0.05) is 88.9 Å². The highest BCUT2D eigenvalue weighted by Crippen LogP contribution is 2.40. The lowest BCUT2D eigenvalue weighted by atomic mass is 9.90. The summed E-state index contributed by atoms with van der Waals surface area (Å²) < 4.78 is 42.5. The summed E-state index contributed by atoms with van der Waals surface area (Å²) in [6, 6.07) is 20.9. The van der Waals surface area contributed by atoms with E-state index >= 15 is 4.39 Å². The van der Waals surface area contributed by atoms with Gasteiger partial charge < -0.3 is 30.3 Å². The Bertz CT molecular complexity index is 2720. The number of fused-ring (bicyclic) bond motifs is 2. The van der Waals surface area contributed by atoms with Gasteiger partial charge in [0.1, 0.15) is 17.3 Å². The molecule has 3 aromatic carbocycles. The third-order valence-corrected chi connectivity index (χ3v) is 14.8. The molecule has 0 saturated carbocycles. The highest BCUT2D eigenvalue weighted by Gasteiger charge is 2.36. The van der Waals surface area contributed by atoms with Gasteiger partial charge in [0.2, 0.25) is 33.7 Å². The molecule has 4 saturated heterocycles. The molecule has 1 unspecified atom stereocenters. The molecule has 5 aliphatic heterocycles. The van der Waals surface area contributed by atoms with Crippen LogP contribution in [-0.2, 0) is 30.8 Å². The van der Waals surface area contributed by atoms with Gasteiger partial charge in [-0.1, -0.05) is 24.3 Å². The number of anilines is 7. The number of imide groups is 1. The van der Waals surface area contributed by atoms with Crippen molar-refractivity contribution >= 4 is 79.0 Å². The molecule has 64 heavy (non-hydrogen) atoms. The third-order valence-electron chi connectivity index (χ3n) is 13.6. The van der Waals surface area contributed by atoms with E-state index in [2.05, 4.69) is 40.6 Å². The zero-order valence-electron chi connectivity index (χ0n) is 35.7. The number of H-pyrrole nitrogens is 1.